The maximum absolute atomic E-state index is 6.02. The van der Waals surface area contributed by atoms with Crippen LogP contribution in [0.2, 0.25) is 4.34 Å². The fourth-order valence-electron chi connectivity index (χ4n) is 1.34. The van der Waals surface area contributed by atoms with Gasteiger partial charge in [-0.25, -0.2) is 4.98 Å². The van der Waals surface area contributed by atoms with E-state index in [4.69, 9.17) is 16.3 Å². The largest absolute Gasteiger partial charge is 0.496 e. The Hall–Kier alpha value is -0.580. The van der Waals surface area contributed by atoms with Gasteiger partial charge in [0.25, 0.3) is 0 Å². The van der Waals surface area contributed by atoms with E-state index in [1.54, 1.807) is 7.11 Å². The molecule has 0 bridgehead atoms. The third-order valence-corrected chi connectivity index (χ3v) is 4.11. The van der Waals surface area contributed by atoms with Gasteiger partial charge in [-0.1, -0.05) is 27.5 Å². The molecule has 5 heteroatoms. The molecule has 0 unspecified atom stereocenters. The maximum atomic E-state index is 6.02. The Kier molecular flexibility index (Phi) is 3.52. The second-order valence-electron chi connectivity index (χ2n) is 3.22. The number of aryl methyl sites for hydroxylation is 1. The van der Waals surface area contributed by atoms with Gasteiger partial charge in [0.05, 0.1) is 18.4 Å². The first-order chi connectivity index (χ1) is 7.61. The molecule has 0 spiro atoms. The van der Waals surface area contributed by atoms with E-state index in [-0.39, 0.29) is 0 Å². The Bertz CT molecular complexity index is 507. The van der Waals surface area contributed by atoms with Gasteiger partial charge in [-0.3, -0.25) is 0 Å². The minimum absolute atomic E-state index is 0.719. The van der Waals surface area contributed by atoms with Crippen LogP contribution in [0.4, 0.5) is 0 Å². The van der Waals surface area contributed by atoms with Crippen LogP contribution < -0.4 is 4.74 Å². The van der Waals surface area contributed by atoms with Crippen molar-refractivity contribution in [1.29, 1.82) is 0 Å². The monoisotopic (exact) mass is 317 g/mol. The summed E-state index contributed by atoms with van der Waals surface area (Å²) in [6, 6.07) is 5.82. The molecule has 84 valence electrons. The summed E-state index contributed by atoms with van der Waals surface area (Å²) in [5.41, 5.74) is 1.81. The topological polar surface area (TPSA) is 22.1 Å². The second kappa shape index (κ2) is 4.73. The summed E-state index contributed by atoms with van der Waals surface area (Å²) in [7, 11) is 1.65. The lowest BCUT2D eigenvalue weighted by molar-refractivity contribution is 0.416. The Morgan fingerprint density at radius 1 is 1.44 bits per heavy atom. The number of hydrogen-bond acceptors (Lipinski definition) is 3. The van der Waals surface area contributed by atoms with E-state index < -0.39 is 0 Å². The molecule has 2 rings (SSSR count). The average molecular weight is 319 g/mol. The Morgan fingerprint density at radius 2 is 2.19 bits per heavy atom. The van der Waals surface area contributed by atoms with Gasteiger partial charge in [-0.05, 0) is 25.1 Å². The van der Waals surface area contributed by atoms with Crippen molar-refractivity contribution in [3.63, 3.8) is 0 Å². The molecule has 1 heterocycles. The van der Waals surface area contributed by atoms with Gasteiger partial charge in [-0.15, -0.1) is 11.3 Å². The van der Waals surface area contributed by atoms with Crippen LogP contribution in [0.5, 0.6) is 5.75 Å². The fourth-order valence-corrected chi connectivity index (χ4v) is 2.78. The summed E-state index contributed by atoms with van der Waals surface area (Å²) in [6.07, 6.45) is 0. The van der Waals surface area contributed by atoms with Crippen molar-refractivity contribution in [2.24, 2.45) is 0 Å². The molecule has 0 aliphatic heterocycles. The van der Waals surface area contributed by atoms with Crippen molar-refractivity contribution in [2.75, 3.05) is 7.11 Å². The highest BCUT2D eigenvalue weighted by Gasteiger charge is 2.12. The van der Waals surface area contributed by atoms with Crippen LogP contribution >= 0.6 is 38.9 Å². The standard InChI is InChI=1S/C11H9BrClNOS/c1-6-10(13)16-11(14-6)8-5-7(12)3-4-9(8)15-2/h3-5H,1-2H3. The molecule has 0 atom stereocenters. The van der Waals surface area contributed by atoms with Gasteiger partial charge in [0.15, 0.2) is 0 Å². The molecule has 0 fully saturated rings. The number of thiazole rings is 1. The van der Waals surface area contributed by atoms with E-state index in [2.05, 4.69) is 20.9 Å². The smallest absolute Gasteiger partial charge is 0.129 e. The van der Waals surface area contributed by atoms with Crippen LogP contribution in [-0.4, -0.2) is 12.1 Å². The highest BCUT2D eigenvalue weighted by atomic mass is 79.9. The molecule has 0 radical (unpaired) electrons. The van der Waals surface area contributed by atoms with Crippen molar-refractivity contribution < 1.29 is 4.74 Å². The first-order valence-electron chi connectivity index (χ1n) is 4.58. The number of aromatic nitrogens is 1. The highest BCUT2D eigenvalue weighted by molar-refractivity contribution is 9.10. The van der Waals surface area contributed by atoms with Crippen molar-refractivity contribution >= 4 is 38.9 Å². The first-order valence-corrected chi connectivity index (χ1v) is 6.57. The van der Waals surface area contributed by atoms with E-state index >= 15 is 0 Å². The fraction of sp³-hybridized carbons (Fsp3) is 0.182. The normalized spacial score (nSPS) is 10.5. The Morgan fingerprint density at radius 3 is 2.75 bits per heavy atom. The molecule has 0 aliphatic rings. The molecule has 0 aliphatic carbocycles. The van der Waals surface area contributed by atoms with E-state index in [9.17, 15) is 0 Å². The molecule has 0 saturated carbocycles. The van der Waals surface area contributed by atoms with Gasteiger partial charge in [0, 0.05) is 4.47 Å². The molecule has 1 aromatic carbocycles. The number of ether oxygens (including phenoxy) is 1. The van der Waals surface area contributed by atoms with Gasteiger partial charge in [0.2, 0.25) is 0 Å². The molecule has 0 amide bonds. The zero-order chi connectivity index (χ0) is 11.7. The number of halogens is 2. The molecule has 0 saturated heterocycles. The van der Waals surface area contributed by atoms with Crippen LogP contribution in [0.25, 0.3) is 10.6 Å². The predicted molar refractivity (Wildman–Crippen MR) is 71.5 cm³/mol. The number of rotatable bonds is 2. The van der Waals surface area contributed by atoms with Crippen molar-refractivity contribution in [2.45, 2.75) is 6.92 Å². The summed E-state index contributed by atoms with van der Waals surface area (Å²) in [5, 5.41) is 0.876. The molecule has 0 N–H and O–H groups in total. The van der Waals surface area contributed by atoms with E-state index in [1.165, 1.54) is 11.3 Å². The Balaban J connectivity index is 2.57. The van der Waals surface area contributed by atoms with Crippen LogP contribution in [0, 0.1) is 6.92 Å². The molecular formula is C11H9BrClNOS. The summed E-state index contributed by atoms with van der Waals surface area (Å²) in [6.45, 7) is 1.90. The summed E-state index contributed by atoms with van der Waals surface area (Å²) >= 11 is 10.9. The maximum Gasteiger partial charge on any atom is 0.129 e. The molecular weight excluding hydrogens is 310 g/mol. The van der Waals surface area contributed by atoms with Crippen molar-refractivity contribution in [3.05, 3.63) is 32.7 Å². The van der Waals surface area contributed by atoms with Crippen molar-refractivity contribution in [1.82, 2.24) is 4.98 Å². The lowest BCUT2D eigenvalue weighted by atomic mass is 10.2. The van der Waals surface area contributed by atoms with Crippen LogP contribution in [0.3, 0.4) is 0 Å². The second-order valence-corrected chi connectivity index (χ2v) is 5.74. The minimum atomic E-state index is 0.719. The van der Waals surface area contributed by atoms with Gasteiger partial charge in [0.1, 0.15) is 15.1 Å². The van der Waals surface area contributed by atoms with Crippen LogP contribution in [-0.2, 0) is 0 Å². The van der Waals surface area contributed by atoms with E-state index in [0.717, 1.165) is 30.8 Å². The molecule has 2 aromatic rings. The Labute approximate surface area is 111 Å². The lowest BCUT2D eigenvalue weighted by Crippen LogP contribution is -1.87. The molecule has 1 aromatic heterocycles. The number of methoxy groups -OCH3 is 1. The minimum Gasteiger partial charge on any atom is -0.496 e. The van der Waals surface area contributed by atoms with E-state index in [0.29, 0.717) is 0 Å². The highest BCUT2D eigenvalue weighted by Crippen LogP contribution is 2.37. The molecule has 2 nitrogen and oxygen atoms in total. The van der Waals surface area contributed by atoms with Gasteiger partial charge >= 0.3 is 0 Å². The zero-order valence-electron chi connectivity index (χ0n) is 8.75. The van der Waals surface area contributed by atoms with Crippen molar-refractivity contribution in [3.8, 4) is 16.3 Å². The zero-order valence-corrected chi connectivity index (χ0v) is 11.9. The number of benzene rings is 1. The number of nitrogens with zero attached hydrogens (tertiary/aromatic N) is 1. The van der Waals surface area contributed by atoms with Gasteiger partial charge < -0.3 is 4.74 Å². The predicted octanol–water partition coefficient (Wildman–Crippen LogP) is 4.54. The first kappa shape index (κ1) is 11.9. The quantitative estimate of drug-likeness (QED) is 0.811. The summed E-state index contributed by atoms with van der Waals surface area (Å²) in [5.74, 6) is 0.800. The number of hydrogen-bond donors (Lipinski definition) is 0. The van der Waals surface area contributed by atoms with E-state index in [1.807, 2.05) is 25.1 Å². The molecule has 16 heavy (non-hydrogen) atoms. The van der Waals surface area contributed by atoms with Crippen LogP contribution in [0.15, 0.2) is 22.7 Å². The third kappa shape index (κ3) is 2.24. The SMILES string of the molecule is COc1ccc(Br)cc1-c1nc(C)c(Cl)s1. The summed E-state index contributed by atoms with van der Waals surface area (Å²) < 4.78 is 7.02. The third-order valence-electron chi connectivity index (χ3n) is 2.13. The lowest BCUT2D eigenvalue weighted by Gasteiger charge is -2.05. The van der Waals surface area contributed by atoms with Crippen LogP contribution in [0.1, 0.15) is 5.69 Å². The summed E-state index contributed by atoms with van der Waals surface area (Å²) in [4.78, 5) is 4.42. The van der Waals surface area contributed by atoms with Gasteiger partial charge in [-0.2, -0.15) is 0 Å². The average Bonchev–Trinajstić information content (AvgIpc) is 2.59.